The van der Waals surface area contributed by atoms with Crippen molar-refractivity contribution in [3.05, 3.63) is 69.8 Å². The van der Waals surface area contributed by atoms with Crippen molar-refractivity contribution in [1.29, 1.82) is 0 Å². The average Bonchev–Trinajstić information content (AvgIpc) is 2.91. The third-order valence-electron chi connectivity index (χ3n) is 3.42. The molecule has 24 heavy (non-hydrogen) atoms. The van der Waals surface area contributed by atoms with Gasteiger partial charge in [0.2, 0.25) is 5.18 Å². The van der Waals surface area contributed by atoms with E-state index in [1.807, 2.05) is 0 Å². The number of nitro benzene ring substituents is 1. The molecule has 1 aliphatic heterocycles. The predicted octanol–water partition coefficient (Wildman–Crippen LogP) is 2.12. The van der Waals surface area contributed by atoms with E-state index in [1.165, 1.54) is 29.0 Å². The van der Waals surface area contributed by atoms with Crippen LogP contribution in [0.2, 0.25) is 0 Å². The van der Waals surface area contributed by atoms with Crippen molar-refractivity contribution < 1.29 is 14.6 Å². The second-order valence-electron chi connectivity index (χ2n) is 5.17. The molecule has 3 rings (SSSR count). The van der Waals surface area contributed by atoms with Crippen molar-refractivity contribution in [3.63, 3.8) is 0 Å². The van der Waals surface area contributed by atoms with E-state index in [2.05, 4.69) is 0 Å². The molecule has 1 fully saturated rings. The van der Waals surface area contributed by atoms with E-state index in [9.17, 15) is 14.9 Å². The highest BCUT2D eigenvalue weighted by Gasteiger charge is 2.42. The molecule has 0 bridgehead atoms. The number of aldehydes is 1. The van der Waals surface area contributed by atoms with Gasteiger partial charge in [-0.2, -0.15) is 0 Å². The van der Waals surface area contributed by atoms with Crippen LogP contribution in [0.15, 0.2) is 48.5 Å². The van der Waals surface area contributed by atoms with Crippen LogP contribution in [0, 0.1) is 10.1 Å². The van der Waals surface area contributed by atoms with Crippen LogP contribution in [0.4, 0.5) is 11.4 Å². The van der Waals surface area contributed by atoms with E-state index in [0.717, 1.165) is 11.8 Å². The van der Waals surface area contributed by atoms with Crippen molar-refractivity contribution >= 4 is 29.4 Å². The fraction of sp³-hybridized carbons (Fsp3) is 0.133. The molecule has 1 heterocycles. The van der Waals surface area contributed by atoms with Crippen LogP contribution in [-0.4, -0.2) is 16.4 Å². The van der Waals surface area contributed by atoms with Crippen molar-refractivity contribution in [2.45, 2.75) is 10.6 Å². The van der Waals surface area contributed by atoms with E-state index in [0.29, 0.717) is 11.3 Å². The highest BCUT2D eigenvalue weighted by atomic mass is 32.2. The van der Waals surface area contributed by atoms with Crippen LogP contribution in [0.3, 0.4) is 0 Å². The number of anilines is 1. The van der Waals surface area contributed by atoms with Crippen LogP contribution >= 0.6 is 11.8 Å². The van der Waals surface area contributed by atoms with Gasteiger partial charge in [0.15, 0.2) is 0 Å². The maximum Gasteiger partial charge on any atom is 0.269 e. The maximum absolute atomic E-state index is 10.8. The summed E-state index contributed by atoms with van der Waals surface area (Å²) in [5.74, 6) is 0. The highest BCUT2D eigenvalue weighted by Crippen LogP contribution is 2.47. The Morgan fingerprint density at radius 3 is 2.33 bits per heavy atom. The molecule has 0 amide bonds. The molecule has 124 valence electrons. The van der Waals surface area contributed by atoms with Gasteiger partial charge in [-0.3, -0.25) is 26.4 Å². The Kier molecular flexibility index (Phi) is 4.24. The lowest BCUT2D eigenvalue weighted by atomic mass is 10.2. The molecule has 2 aromatic rings. The Morgan fingerprint density at radius 1 is 1.17 bits per heavy atom. The number of hydroxylamine groups is 1. The molecule has 1 unspecified atom stereocenters. The number of hydrogen-bond acceptors (Lipinski definition) is 8. The second kappa shape index (κ2) is 6.21. The number of non-ortho nitro benzene ring substituents is 1. The van der Waals surface area contributed by atoms with Crippen molar-refractivity contribution in [2.75, 3.05) is 5.06 Å². The first-order chi connectivity index (χ1) is 11.4. The lowest BCUT2D eigenvalue weighted by Crippen LogP contribution is -2.47. The summed E-state index contributed by atoms with van der Waals surface area (Å²) in [7, 11) is 0. The van der Waals surface area contributed by atoms with Crippen molar-refractivity contribution in [1.82, 2.24) is 0 Å². The van der Waals surface area contributed by atoms with Crippen LogP contribution in [0.1, 0.15) is 21.3 Å². The zero-order valence-electron chi connectivity index (χ0n) is 12.4. The number of carbonyl (C=O) groups excluding carboxylic acids is 1. The number of nitrogens with two attached hydrogens (primary N) is 2. The molecule has 8 nitrogen and oxygen atoms in total. The molecular weight excluding hydrogens is 332 g/mol. The lowest BCUT2D eigenvalue weighted by Gasteiger charge is -2.24. The number of carbonyl (C=O) groups is 1. The van der Waals surface area contributed by atoms with E-state index < -0.39 is 10.1 Å². The molecule has 0 aromatic heterocycles. The van der Waals surface area contributed by atoms with E-state index in [4.69, 9.17) is 16.3 Å². The average molecular weight is 346 g/mol. The van der Waals surface area contributed by atoms with Crippen LogP contribution in [0.25, 0.3) is 0 Å². The summed E-state index contributed by atoms with van der Waals surface area (Å²) >= 11 is 1.17. The summed E-state index contributed by atoms with van der Waals surface area (Å²) in [6.45, 7) is 0. The SMILES string of the molecule is NC1(N)ON(c2ccc(C=O)cc2)C(c2ccc([N+](=O)[O-])cc2)S1. The summed E-state index contributed by atoms with van der Waals surface area (Å²) in [4.78, 5) is 26.7. The van der Waals surface area contributed by atoms with Gasteiger partial charge in [0.1, 0.15) is 11.7 Å². The largest absolute Gasteiger partial charge is 0.298 e. The number of nitro groups is 1. The summed E-state index contributed by atoms with van der Waals surface area (Å²) in [6, 6.07) is 12.8. The Labute approximate surface area is 141 Å². The third-order valence-corrected chi connectivity index (χ3v) is 4.55. The number of nitrogens with zero attached hydrogens (tertiary/aromatic N) is 2. The minimum atomic E-state index is -1.43. The van der Waals surface area contributed by atoms with Gasteiger partial charge in [-0.25, -0.2) is 9.90 Å². The summed E-state index contributed by atoms with van der Waals surface area (Å²) in [6.07, 6.45) is 0.743. The maximum atomic E-state index is 10.8. The molecular formula is C15H14N4O4S. The molecule has 9 heteroatoms. The van der Waals surface area contributed by atoms with Crippen molar-refractivity contribution in [2.24, 2.45) is 11.5 Å². The Morgan fingerprint density at radius 2 is 1.79 bits per heavy atom. The molecule has 0 spiro atoms. The van der Waals surface area contributed by atoms with Gasteiger partial charge in [-0.15, -0.1) is 0 Å². The highest BCUT2D eigenvalue weighted by molar-refractivity contribution is 8.00. The lowest BCUT2D eigenvalue weighted by molar-refractivity contribution is -0.384. The fourth-order valence-corrected chi connectivity index (χ4v) is 3.32. The topological polar surface area (TPSA) is 125 Å². The van der Waals surface area contributed by atoms with Gasteiger partial charge in [0.25, 0.3) is 5.69 Å². The molecule has 1 aliphatic rings. The smallest absolute Gasteiger partial charge is 0.269 e. The first-order valence-corrected chi connectivity index (χ1v) is 7.81. The van der Waals surface area contributed by atoms with Gasteiger partial charge in [-0.05, 0) is 42.0 Å². The molecule has 2 aromatic carbocycles. The molecule has 0 aliphatic carbocycles. The van der Waals surface area contributed by atoms with Crippen LogP contribution < -0.4 is 16.5 Å². The first-order valence-electron chi connectivity index (χ1n) is 6.93. The minimum Gasteiger partial charge on any atom is -0.298 e. The monoisotopic (exact) mass is 346 g/mol. The van der Waals surface area contributed by atoms with Gasteiger partial charge in [0, 0.05) is 17.7 Å². The Hall–Kier alpha value is -2.46. The van der Waals surface area contributed by atoms with Gasteiger partial charge in [-0.1, -0.05) is 11.8 Å². The Bertz CT molecular complexity index is 764. The Balaban J connectivity index is 1.93. The first kappa shape index (κ1) is 16.4. The number of hydrogen-bond donors (Lipinski definition) is 2. The third kappa shape index (κ3) is 3.24. The zero-order valence-corrected chi connectivity index (χ0v) is 13.2. The quantitative estimate of drug-likeness (QED) is 0.373. The number of thioether (sulfide) groups is 1. The second-order valence-corrected chi connectivity index (χ2v) is 6.49. The molecule has 4 N–H and O–H groups in total. The van der Waals surface area contributed by atoms with E-state index >= 15 is 0 Å². The van der Waals surface area contributed by atoms with Crippen LogP contribution in [-0.2, 0) is 4.84 Å². The van der Waals surface area contributed by atoms with Crippen LogP contribution in [0.5, 0.6) is 0 Å². The van der Waals surface area contributed by atoms with Crippen molar-refractivity contribution in [3.8, 4) is 0 Å². The summed E-state index contributed by atoms with van der Waals surface area (Å²) in [5.41, 5.74) is 13.7. The number of rotatable bonds is 4. The van der Waals surface area contributed by atoms with E-state index in [-0.39, 0.29) is 11.1 Å². The zero-order chi connectivity index (χ0) is 17.3. The molecule has 1 atom stereocenters. The number of benzene rings is 2. The molecule has 0 saturated carbocycles. The van der Waals surface area contributed by atoms with Gasteiger partial charge < -0.3 is 0 Å². The minimum absolute atomic E-state index is 0.00342. The summed E-state index contributed by atoms with van der Waals surface area (Å²) in [5, 5.41) is 10.5. The molecule has 1 saturated heterocycles. The van der Waals surface area contributed by atoms with E-state index in [1.54, 1.807) is 36.4 Å². The standard InChI is InChI=1S/C15H14N4O4S/c16-15(17)23-18(12-5-1-10(9-20)2-6-12)14(24-15)11-3-7-13(8-4-11)19(21)22/h1-9,14H,16-17H2. The van der Waals surface area contributed by atoms with Gasteiger partial charge >= 0.3 is 0 Å². The molecule has 0 radical (unpaired) electrons. The fourth-order valence-electron chi connectivity index (χ4n) is 2.30. The predicted molar refractivity (Wildman–Crippen MR) is 89.9 cm³/mol. The normalized spacial score (nSPS) is 19.2. The summed E-state index contributed by atoms with van der Waals surface area (Å²) < 4.78 is 0. The van der Waals surface area contributed by atoms with Gasteiger partial charge in [0.05, 0.1) is 10.6 Å².